The fourth-order valence-corrected chi connectivity index (χ4v) is 1.26. The molecule has 1 fully saturated rings. The molecule has 0 radical (unpaired) electrons. The first-order chi connectivity index (χ1) is 4.14. The average Bonchev–Trinajstić information content (AvgIpc) is 1.62. The Bertz CT molecular complexity index is 99.1. The van der Waals surface area contributed by atoms with Crippen LogP contribution in [0.3, 0.4) is 0 Å². The second-order valence-electron chi connectivity index (χ2n) is 2.47. The Hall–Kier alpha value is 0.110. The standard InChI is InChI=1S/C5H8ClF2N/c6-9-3-4-1-5(7,8)2-4/h4,9H,1-3H2. The van der Waals surface area contributed by atoms with Crippen molar-refractivity contribution < 1.29 is 8.78 Å². The van der Waals surface area contributed by atoms with Crippen LogP contribution >= 0.6 is 11.8 Å². The summed E-state index contributed by atoms with van der Waals surface area (Å²) in [4.78, 5) is 2.35. The van der Waals surface area contributed by atoms with Crippen LogP contribution in [0.5, 0.6) is 0 Å². The first-order valence-corrected chi connectivity index (χ1v) is 3.23. The van der Waals surface area contributed by atoms with E-state index in [9.17, 15) is 8.78 Å². The predicted octanol–water partition coefficient (Wildman–Crippen LogP) is 1.78. The summed E-state index contributed by atoms with van der Waals surface area (Å²) in [6.45, 7) is 0.497. The largest absolute Gasteiger partial charge is 0.248 e. The van der Waals surface area contributed by atoms with Crippen LogP contribution in [0, 0.1) is 5.92 Å². The highest BCUT2D eigenvalue weighted by atomic mass is 35.5. The Balaban J connectivity index is 2.12. The summed E-state index contributed by atoms with van der Waals surface area (Å²) in [5.41, 5.74) is 0. The highest BCUT2D eigenvalue weighted by Gasteiger charge is 2.44. The number of hydrogen-bond donors (Lipinski definition) is 1. The van der Waals surface area contributed by atoms with Gasteiger partial charge >= 0.3 is 0 Å². The molecule has 1 saturated carbocycles. The lowest BCUT2D eigenvalue weighted by Gasteiger charge is -2.34. The minimum atomic E-state index is -2.40. The quantitative estimate of drug-likeness (QED) is 0.600. The molecular formula is C5H8ClF2N. The molecule has 0 heterocycles. The van der Waals surface area contributed by atoms with Crippen LogP contribution in [0.25, 0.3) is 0 Å². The smallest absolute Gasteiger partial charge is 0.233 e. The lowest BCUT2D eigenvalue weighted by Crippen LogP contribution is -2.39. The zero-order valence-corrected chi connectivity index (χ0v) is 5.59. The number of nitrogens with one attached hydrogen (secondary N) is 1. The molecule has 0 spiro atoms. The molecule has 0 aromatic rings. The third-order valence-corrected chi connectivity index (χ3v) is 1.69. The minimum absolute atomic E-state index is 0.00722. The molecule has 0 saturated heterocycles. The van der Waals surface area contributed by atoms with Gasteiger partial charge in [0, 0.05) is 19.4 Å². The molecule has 0 aromatic carbocycles. The van der Waals surface area contributed by atoms with Crippen LogP contribution in [-0.2, 0) is 0 Å². The van der Waals surface area contributed by atoms with Crippen LogP contribution in [0.4, 0.5) is 8.78 Å². The van der Waals surface area contributed by atoms with Gasteiger partial charge in [-0.25, -0.2) is 13.6 Å². The van der Waals surface area contributed by atoms with E-state index in [0.717, 1.165) is 0 Å². The van der Waals surface area contributed by atoms with Gasteiger partial charge in [-0.1, -0.05) is 0 Å². The summed E-state index contributed by atoms with van der Waals surface area (Å²) in [5.74, 6) is -2.32. The van der Waals surface area contributed by atoms with E-state index in [1.54, 1.807) is 0 Å². The van der Waals surface area contributed by atoms with Crippen molar-refractivity contribution in [1.29, 1.82) is 0 Å². The Morgan fingerprint density at radius 1 is 1.56 bits per heavy atom. The van der Waals surface area contributed by atoms with E-state index in [1.165, 1.54) is 0 Å². The van der Waals surface area contributed by atoms with Crippen molar-refractivity contribution in [3.05, 3.63) is 0 Å². The van der Waals surface area contributed by atoms with E-state index in [0.29, 0.717) is 6.54 Å². The van der Waals surface area contributed by atoms with Crippen LogP contribution in [0.1, 0.15) is 12.8 Å². The van der Waals surface area contributed by atoms with Crippen molar-refractivity contribution in [2.45, 2.75) is 18.8 Å². The van der Waals surface area contributed by atoms with E-state index in [1.807, 2.05) is 0 Å². The Morgan fingerprint density at radius 2 is 2.11 bits per heavy atom. The number of rotatable bonds is 2. The molecule has 1 aliphatic rings. The molecule has 0 atom stereocenters. The third-order valence-electron chi connectivity index (χ3n) is 1.54. The van der Waals surface area contributed by atoms with E-state index in [4.69, 9.17) is 11.8 Å². The van der Waals surface area contributed by atoms with Gasteiger partial charge in [0.1, 0.15) is 0 Å². The van der Waals surface area contributed by atoms with Crippen LogP contribution in [-0.4, -0.2) is 12.5 Å². The Kier molecular flexibility index (Phi) is 1.91. The zero-order chi connectivity index (χ0) is 6.91. The summed E-state index contributed by atoms with van der Waals surface area (Å²) in [6, 6.07) is 0. The number of halogens is 3. The lowest BCUT2D eigenvalue weighted by atomic mass is 9.82. The second kappa shape index (κ2) is 2.39. The predicted molar refractivity (Wildman–Crippen MR) is 31.5 cm³/mol. The van der Waals surface area contributed by atoms with Gasteiger partial charge < -0.3 is 0 Å². The van der Waals surface area contributed by atoms with Crippen molar-refractivity contribution in [2.24, 2.45) is 5.92 Å². The molecule has 54 valence electrons. The van der Waals surface area contributed by atoms with Gasteiger partial charge in [0.15, 0.2) is 0 Å². The zero-order valence-electron chi connectivity index (χ0n) is 4.83. The Morgan fingerprint density at radius 3 is 2.44 bits per heavy atom. The maximum absolute atomic E-state index is 12.0. The summed E-state index contributed by atoms with van der Waals surface area (Å²) >= 11 is 5.11. The van der Waals surface area contributed by atoms with Crippen molar-refractivity contribution >= 4 is 11.8 Å². The van der Waals surface area contributed by atoms with Gasteiger partial charge in [-0.2, -0.15) is 0 Å². The lowest BCUT2D eigenvalue weighted by molar-refractivity contribution is -0.108. The molecule has 0 aliphatic heterocycles. The van der Waals surface area contributed by atoms with Gasteiger partial charge in [-0.15, -0.1) is 0 Å². The van der Waals surface area contributed by atoms with E-state index in [-0.39, 0.29) is 18.8 Å². The van der Waals surface area contributed by atoms with Crippen molar-refractivity contribution in [3.63, 3.8) is 0 Å². The number of alkyl halides is 2. The highest BCUT2D eigenvalue weighted by Crippen LogP contribution is 2.41. The molecule has 1 nitrogen and oxygen atoms in total. The molecule has 1 N–H and O–H groups in total. The molecule has 0 bridgehead atoms. The summed E-state index contributed by atoms with van der Waals surface area (Å²) in [5, 5.41) is 0. The first kappa shape index (κ1) is 7.22. The van der Waals surface area contributed by atoms with Crippen LogP contribution < -0.4 is 4.84 Å². The summed E-state index contributed by atoms with van der Waals surface area (Å²) < 4.78 is 24.1. The maximum atomic E-state index is 12.0. The molecule has 0 amide bonds. The normalized spacial score (nSPS) is 25.7. The monoisotopic (exact) mass is 155 g/mol. The second-order valence-corrected chi connectivity index (χ2v) is 2.74. The van der Waals surface area contributed by atoms with Crippen LogP contribution in [0.15, 0.2) is 0 Å². The van der Waals surface area contributed by atoms with Gasteiger partial charge in [0.05, 0.1) is 0 Å². The van der Waals surface area contributed by atoms with Gasteiger partial charge in [0.25, 0.3) is 0 Å². The fraction of sp³-hybridized carbons (Fsp3) is 1.00. The van der Waals surface area contributed by atoms with Gasteiger partial charge in [-0.05, 0) is 17.7 Å². The van der Waals surface area contributed by atoms with Crippen molar-refractivity contribution in [1.82, 2.24) is 4.84 Å². The maximum Gasteiger partial charge on any atom is 0.248 e. The van der Waals surface area contributed by atoms with E-state index in [2.05, 4.69) is 4.84 Å². The van der Waals surface area contributed by atoms with Crippen molar-refractivity contribution in [3.8, 4) is 0 Å². The molecule has 1 aliphatic carbocycles. The Labute approximate surface area is 57.5 Å². The molecule has 1 rings (SSSR count). The molecule has 0 aromatic heterocycles. The van der Waals surface area contributed by atoms with E-state index >= 15 is 0 Å². The fourth-order valence-electron chi connectivity index (χ4n) is 1.04. The topological polar surface area (TPSA) is 12.0 Å². The first-order valence-electron chi connectivity index (χ1n) is 2.85. The number of hydrogen-bond acceptors (Lipinski definition) is 1. The average molecular weight is 156 g/mol. The van der Waals surface area contributed by atoms with E-state index < -0.39 is 5.92 Å². The third kappa shape index (κ3) is 1.76. The van der Waals surface area contributed by atoms with Gasteiger partial charge in [-0.3, -0.25) is 0 Å². The SMILES string of the molecule is FC1(F)CC(CNCl)C1. The molecular weight excluding hydrogens is 148 g/mol. The summed E-state index contributed by atoms with van der Waals surface area (Å²) in [7, 11) is 0. The summed E-state index contributed by atoms with van der Waals surface area (Å²) in [6.07, 6.45) is -0.0144. The minimum Gasteiger partial charge on any atom is -0.233 e. The van der Waals surface area contributed by atoms with Gasteiger partial charge in [0.2, 0.25) is 5.92 Å². The van der Waals surface area contributed by atoms with Crippen LogP contribution in [0.2, 0.25) is 0 Å². The van der Waals surface area contributed by atoms with Crippen molar-refractivity contribution in [2.75, 3.05) is 6.54 Å². The molecule has 4 heteroatoms. The highest BCUT2D eigenvalue weighted by molar-refractivity contribution is 6.13. The molecule has 9 heavy (non-hydrogen) atoms. The molecule has 0 unspecified atom stereocenters.